The van der Waals surface area contributed by atoms with E-state index in [1.807, 2.05) is 0 Å². The van der Waals surface area contributed by atoms with Gasteiger partial charge in [-0.15, -0.1) is 0 Å². The second-order valence-corrected chi connectivity index (χ2v) is 7.14. The smallest absolute Gasteiger partial charge is 0.0474 e. The van der Waals surface area contributed by atoms with Crippen molar-refractivity contribution in [1.82, 2.24) is 5.32 Å². The van der Waals surface area contributed by atoms with Gasteiger partial charge in [-0.3, -0.25) is 0 Å². The minimum Gasteiger partial charge on any atom is -0.396 e. The molecule has 0 aromatic rings. The molecule has 2 rings (SSSR count). The molecule has 2 fully saturated rings. The molecule has 0 aromatic heterocycles. The first kappa shape index (κ1) is 13.4. The third kappa shape index (κ3) is 3.23. The molecule has 2 N–H and O–H groups in total. The molecule has 4 unspecified atom stereocenters. The van der Waals surface area contributed by atoms with Crippen LogP contribution in [0.25, 0.3) is 0 Å². The van der Waals surface area contributed by atoms with Gasteiger partial charge in [0.05, 0.1) is 0 Å². The van der Waals surface area contributed by atoms with E-state index in [9.17, 15) is 5.11 Å². The van der Waals surface area contributed by atoms with E-state index < -0.39 is 0 Å². The van der Waals surface area contributed by atoms with Crippen molar-refractivity contribution in [2.75, 3.05) is 6.61 Å². The molecule has 0 aromatic carbocycles. The normalized spacial score (nSPS) is 41.6. The molecule has 0 saturated heterocycles. The molecule has 2 aliphatic carbocycles. The van der Waals surface area contributed by atoms with Gasteiger partial charge in [0.15, 0.2) is 0 Å². The van der Waals surface area contributed by atoms with E-state index in [4.69, 9.17) is 0 Å². The van der Waals surface area contributed by atoms with Crippen molar-refractivity contribution < 1.29 is 5.11 Å². The number of nitrogens with one attached hydrogen (secondary N) is 1. The molecule has 17 heavy (non-hydrogen) atoms. The predicted molar refractivity (Wildman–Crippen MR) is 71.9 cm³/mol. The lowest BCUT2D eigenvalue weighted by molar-refractivity contribution is 0.126. The number of hydrogen-bond donors (Lipinski definition) is 2. The van der Waals surface area contributed by atoms with Crippen molar-refractivity contribution in [3.8, 4) is 0 Å². The molecule has 4 atom stereocenters. The fourth-order valence-electron chi connectivity index (χ4n) is 3.94. The second kappa shape index (κ2) is 5.27. The molecule has 0 bridgehead atoms. The second-order valence-electron chi connectivity index (χ2n) is 7.14. The van der Waals surface area contributed by atoms with Crippen LogP contribution in [0.15, 0.2) is 0 Å². The van der Waals surface area contributed by atoms with E-state index in [0.29, 0.717) is 30.0 Å². The van der Waals surface area contributed by atoms with Crippen LogP contribution in [-0.2, 0) is 0 Å². The highest BCUT2D eigenvalue weighted by Crippen LogP contribution is 2.39. The van der Waals surface area contributed by atoms with Gasteiger partial charge in [0, 0.05) is 18.7 Å². The Kier molecular flexibility index (Phi) is 4.14. The lowest BCUT2D eigenvalue weighted by Crippen LogP contribution is -2.48. The number of aliphatic hydroxyl groups excluding tert-OH is 1. The molecular weight excluding hydrogens is 210 g/mol. The van der Waals surface area contributed by atoms with Gasteiger partial charge in [-0.05, 0) is 49.4 Å². The Morgan fingerprint density at radius 3 is 2.59 bits per heavy atom. The maximum absolute atomic E-state index is 9.37. The van der Waals surface area contributed by atoms with Crippen LogP contribution in [0.3, 0.4) is 0 Å². The summed E-state index contributed by atoms with van der Waals surface area (Å²) >= 11 is 0. The highest BCUT2D eigenvalue weighted by atomic mass is 16.3. The molecule has 2 heteroatoms. The van der Waals surface area contributed by atoms with Crippen molar-refractivity contribution in [3.05, 3.63) is 0 Å². The fraction of sp³-hybridized carbons (Fsp3) is 1.00. The van der Waals surface area contributed by atoms with E-state index in [1.165, 1.54) is 38.5 Å². The highest BCUT2D eigenvalue weighted by Gasteiger charge is 2.35. The molecule has 2 saturated carbocycles. The van der Waals surface area contributed by atoms with Gasteiger partial charge in [0.25, 0.3) is 0 Å². The van der Waals surface area contributed by atoms with Gasteiger partial charge in [0.2, 0.25) is 0 Å². The van der Waals surface area contributed by atoms with E-state index in [-0.39, 0.29) is 0 Å². The van der Waals surface area contributed by atoms with Gasteiger partial charge in [-0.2, -0.15) is 0 Å². The van der Waals surface area contributed by atoms with Crippen LogP contribution in [0.2, 0.25) is 0 Å². The summed E-state index contributed by atoms with van der Waals surface area (Å²) in [6, 6.07) is 1.26. The Morgan fingerprint density at radius 1 is 1.18 bits per heavy atom. The molecule has 0 heterocycles. The topological polar surface area (TPSA) is 32.3 Å². The maximum Gasteiger partial charge on any atom is 0.0474 e. The van der Waals surface area contributed by atoms with E-state index >= 15 is 0 Å². The highest BCUT2D eigenvalue weighted by molar-refractivity contribution is 4.91. The van der Waals surface area contributed by atoms with Gasteiger partial charge in [0.1, 0.15) is 0 Å². The molecule has 0 spiro atoms. The quantitative estimate of drug-likeness (QED) is 0.793. The zero-order valence-electron chi connectivity index (χ0n) is 11.7. The third-order valence-corrected chi connectivity index (χ3v) is 5.02. The first-order valence-electron chi connectivity index (χ1n) is 7.39. The Bertz CT molecular complexity index is 251. The van der Waals surface area contributed by atoms with Crippen LogP contribution in [0, 0.1) is 17.3 Å². The van der Waals surface area contributed by atoms with Crippen LogP contribution >= 0.6 is 0 Å². The first-order valence-corrected chi connectivity index (χ1v) is 7.39. The Hall–Kier alpha value is -0.0800. The predicted octanol–water partition coefficient (Wildman–Crippen LogP) is 2.95. The number of hydrogen-bond acceptors (Lipinski definition) is 2. The molecule has 0 radical (unpaired) electrons. The van der Waals surface area contributed by atoms with Crippen molar-refractivity contribution >= 4 is 0 Å². The number of rotatable bonds is 3. The molecule has 0 amide bonds. The summed E-state index contributed by atoms with van der Waals surface area (Å²) in [4.78, 5) is 0. The lowest BCUT2D eigenvalue weighted by atomic mass is 9.70. The summed E-state index contributed by atoms with van der Waals surface area (Å²) in [5.74, 6) is 1.29. The maximum atomic E-state index is 9.37. The largest absolute Gasteiger partial charge is 0.396 e. The zero-order valence-corrected chi connectivity index (χ0v) is 11.7. The summed E-state index contributed by atoms with van der Waals surface area (Å²) in [5.41, 5.74) is 0.531. The standard InChI is InChI=1S/C15H29NO/c1-11-9-15(2,3)8-7-13(11)16-14-6-4-5-12(14)10-17/h11-14,16-17H,4-10H2,1-3H3. The molecule has 2 aliphatic rings. The fourth-order valence-corrected chi connectivity index (χ4v) is 3.94. The number of aliphatic hydroxyl groups is 1. The van der Waals surface area contributed by atoms with Crippen LogP contribution < -0.4 is 5.32 Å². The summed E-state index contributed by atoms with van der Waals surface area (Å²) in [5, 5.41) is 13.2. The van der Waals surface area contributed by atoms with Crippen molar-refractivity contribution in [1.29, 1.82) is 0 Å². The summed E-state index contributed by atoms with van der Waals surface area (Å²) < 4.78 is 0. The average molecular weight is 239 g/mol. The van der Waals surface area contributed by atoms with Gasteiger partial charge < -0.3 is 10.4 Å². The van der Waals surface area contributed by atoms with Crippen LogP contribution in [0.1, 0.15) is 59.3 Å². The van der Waals surface area contributed by atoms with Crippen LogP contribution in [0.4, 0.5) is 0 Å². The van der Waals surface area contributed by atoms with Crippen LogP contribution in [-0.4, -0.2) is 23.8 Å². The van der Waals surface area contributed by atoms with Gasteiger partial charge >= 0.3 is 0 Å². The minimum atomic E-state index is 0.365. The summed E-state index contributed by atoms with van der Waals surface area (Å²) in [6.07, 6.45) is 7.74. The molecular formula is C15H29NO. The van der Waals surface area contributed by atoms with Crippen molar-refractivity contribution in [3.63, 3.8) is 0 Å². The van der Waals surface area contributed by atoms with E-state index in [0.717, 1.165) is 5.92 Å². The molecule has 2 nitrogen and oxygen atoms in total. The van der Waals surface area contributed by atoms with Crippen molar-refractivity contribution in [2.45, 2.75) is 71.4 Å². The third-order valence-electron chi connectivity index (χ3n) is 5.02. The molecule has 0 aliphatic heterocycles. The Labute approximate surface area is 106 Å². The first-order chi connectivity index (χ1) is 8.02. The summed E-state index contributed by atoms with van der Waals surface area (Å²) in [6.45, 7) is 7.55. The molecule has 100 valence electrons. The SMILES string of the molecule is CC1CC(C)(C)CCC1NC1CCCC1CO. The monoisotopic (exact) mass is 239 g/mol. The zero-order chi connectivity index (χ0) is 12.5. The minimum absolute atomic E-state index is 0.365. The average Bonchev–Trinajstić information content (AvgIpc) is 2.69. The van der Waals surface area contributed by atoms with Crippen molar-refractivity contribution in [2.24, 2.45) is 17.3 Å². The summed E-state index contributed by atoms with van der Waals surface area (Å²) in [7, 11) is 0. The van der Waals surface area contributed by atoms with Gasteiger partial charge in [-0.25, -0.2) is 0 Å². The Morgan fingerprint density at radius 2 is 1.94 bits per heavy atom. The lowest BCUT2D eigenvalue weighted by Gasteiger charge is -2.41. The van der Waals surface area contributed by atoms with E-state index in [1.54, 1.807) is 0 Å². The van der Waals surface area contributed by atoms with Gasteiger partial charge in [-0.1, -0.05) is 27.2 Å². The van der Waals surface area contributed by atoms with E-state index in [2.05, 4.69) is 26.1 Å². The Balaban J connectivity index is 1.87. The van der Waals surface area contributed by atoms with Crippen LogP contribution in [0.5, 0.6) is 0 Å².